The maximum absolute atomic E-state index is 11.2. The van der Waals surface area contributed by atoms with E-state index in [1.54, 1.807) is 23.0 Å². The molecule has 1 aromatic carbocycles. The number of halogens is 2. The van der Waals surface area contributed by atoms with Crippen molar-refractivity contribution in [2.45, 2.75) is 32.2 Å². The summed E-state index contributed by atoms with van der Waals surface area (Å²) in [6.45, 7) is 6.45. The average molecular weight is 578 g/mol. The predicted molar refractivity (Wildman–Crippen MR) is 148 cm³/mol. The van der Waals surface area contributed by atoms with Crippen molar-refractivity contribution in [1.82, 2.24) is 24.6 Å². The third kappa shape index (κ3) is 5.75. The lowest BCUT2D eigenvalue weighted by molar-refractivity contribution is 0.120. The number of nitriles is 1. The van der Waals surface area contributed by atoms with Gasteiger partial charge in [-0.2, -0.15) is 10.4 Å². The molecular formula is C25H30Cl2N8O2S. The van der Waals surface area contributed by atoms with E-state index in [1.807, 2.05) is 13.0 Å². The van der Waals surface area contributed by atoms with Crippen molar-refractivity contribution in [3.05, 3.63) is 45.7 Å². The van der Waals surface area contributed by atoms with E-state index in [0.717, 1.165) is 50.5 Å². The van der Waals surface area contributed by atoms with Crippen molar-refractivity contribution < 1.29 is 8.42 Å². The minimum Gasteiger partial charge on any atom is -0.355 e. The van der Waals surface area contributed by atoms with Gasteiger partial charge in [-0.3, -0.25) is 0 Å². The van der Waals surface area contributed by atoms with Gasteiger partial charge in [0.25, 0.3) is 0 Å². The van der Waals surface area contributed by atoms with Crippen LogP contribution in [-0.4, -0.2) is 71.5 Å². The highest BCUT2D eigenvalue weighted by Crippen LogP contribution is 2.35. The molecule has 2 aromatic heterocycles. The molecule has 2 saturated heterocycles. The third-order valence-corrected chi connectivity index (χ3v) is 9.04. The quantitative estimate of drug-likeness (QED) is 0.431. The number of nitrogens with zero attached hydrogens (tertiary/aromatic N) is 7. The number of primary sulfonamides is 1. The number of aromatic nitrogens is 4. The number of benzene rings is 1. The van der Waals surface area contributed by atoms with Crippen LogP contribution in [0.15, 0.2) is 24.4 Å². The van der Waals surface area contributed by atoms with Gasteiger partial charge in [-0.1, -0.05) is 29.3 Å². The Morgan fingerprint density at radius 1 is 1.24 bits per heavy atom. The molecule has 202 valence electrons. The number of sulfonamides is 1. The van der Waals surface area contributed by atoms with Crippen LogP contribution in [0, 0.1) is 23.2 Å². The first-order valence-corrected chi connectivity index (χ1v) is 15.2. The molecule has 0 amide bonds. The average Bonchev–Trinajstić information content (AvgIpc) is 3.20. The molecule has 3 aromatic rings. The molecular weight excluding hydrogens is 547 g/mol. The van der Waals surface area contributed by atoms with E-state index >= 15 is 0 Å². The number of rotatable bonds is 8. The second-order valence-electron chi connectivity index (χ2n) is 10.2. The first-order valence-electron chi connectivity index (χ1n) is 12.7. The van der Waals surface area contributed by atoms with E-state index in [0.29, 0.717) is 39.5 Å². The number of fused-ring (bicyclic) bond motifs is 1. The standard InChI is InChI=1S/C25H30Cl2N8O2S/c1-16(20-6-5-19(26)10-21(20)27)35-25-24(22(11-28)32-35)30-12-23(31-25)34-14-18(15-34)17-4-2-7-33(13-17)8-3-9-38(29,36)37/h5-6,10,12,16-18H,2-4,7-9,13-15H2,1H3,(H2,29,36,37). The van der Waals surface area contributed by atoms with Crippen LogP contribution in [0.4, 0.5) is 5.82 Å². The molecule has 0 saturated carbocycles. The Balaban J connectivity index is 1.29. The zero-order valence-electron chi connectivity index (χ0n) is 21.1. The van der Waals surface area contributed by atoms with Crippen molar-refractivity contribution in [2.75, 3.05) is 43.4 Å². The molecule has 4 heterocycles. The Hall–Kier alpha value is -2.49. The normalized spacial score (nSPS) is 19.9. The Bertz CT molecular complexity index is 1480. The number of anilines is 1. The molecule has 0 aliphatic carbocycles. The van der Waals surface area contributed by atoms with Gasteiger partial charge in [0.1, 0.15) is 17.4 Å². The summed E-state index contributed by atoms with van der Waals surface area (Å²) in [4.78, 5) is 14.0. The fourth-order valence-corrected chi connectivity index (χ4v) is 6.63. The molecule has 10 nitrogen and oxygen atoms in total. The van der Waals surface area contributed by atoms with Crippen molar-refractivity contribution in [2.24, 2.45) is 17.0 Å². The van der Waals surface area contributed by atoms with Crippen molar-refractivity contribution in [1.29, 1.82) is 5.26 Å². The van der Waals surface area contributed by atoms with Crippen LogP contribution in [0.3, 0.4) is 0 Å². The summed E-state index contributed by atoms with van der Waals surface area (Å²) in [6.07, 6.45) is 4.57. The summed E-state index contributed by atoms with van der Waals surface area (Å²) >= 11 is 12.5. The second-order valence-corrected chi connectivity index (χ2v) is 12.8. The monoisotopic (exact) mass is 576 g/mol. The zero-order valence-corrected chi connectivity index (χ0v) is 23.4. The van der Waals surface area contributed by atoms with Gasteiger partial charge in [0.2, 0.25) is 10.0 Å². The summed E-state index contributed by atoms with van der Waals surface area (Å²) in [5, 5.41) is 20.3. The van der Waals surface area contributed by atoms with Crippen LogP contribution >= 0.6 is 23.2 Å². The summed E-state index contributed by atoms with van der Waals surface area (Å²) < 4.78 is 24.2. The minimum atomic E-state index is -3.41. The molecule has 0 spiro atoms. The molecule has 2 N–H and O–H groups in total. The molecule has 2 atom stereocenters. The molecule has 0 radical (unpaired) electrons. The molecule has 2 aliphatic heterocycles. The zero-order chi connectivity index (χ0) is 27.0. The largest absolute Gasteiger partial charge is 0.355 e. The smallest absolute Gasteiger partial charge is 0.209 e. The highest BCUT2D eigenvalue weighted by atomic mass is 35.5. The molecule has 2 fully saturated rings. The van der Waals surface area contributed by atoms with Gasteiger partial charge < -0.3 is 9.80 Å². The third-order valence-electron chi connectivity index (χ3n) is 7.62. The van der Waals surface area contributed by atoms with E-state index in [-0.39, 0.29) is 17.5 Å². The number of nitrogens with two attached hydrogens (primary N) is 1. The number of hydrogen-bond donors (Lipinski definition) is 1. The van der Waals surface area contributed by atoms with Crippen molar-refractivity contribution in [3.63, 3.8) is 0 Å². The van der Waals surface area contributed by atoms with E-state index < -0.39 is 10.0 Å². The first kappa shape index (κ1) is 27.1. The summed E-state index contributed by atoms with van der Waals surface area (Å²) in [6, 6.07) is 7.17. The highest BCUT2D eigenvalue weighted by Gasteiger charge is 2.36. The molecule has 0 bridgehead atoms. The lowest BCUT2D eigenvalue weighted by Gasteiger charge is -2.47. The van der Waals surface area contributed by atoms with Crippen molar-refractivity contribution in [3.8, 4) is 6.07 Å². The number of hydrogen-bond acceptors (Lipinski definition) is 8. The van der Waals surface area contributed by atoms with E-state index in [1.165, 1.54) is 6.42 Å². The second kappa shape index (κ2) is 10.9. The van der Waals surface area contributed by atoms with Gasteiger partial charge in [-0.25, -0.2) is 28.2 Å². The fraction of sp³-hybridized carbons (Fsp3) is 0.520. The topological polar surface area (TPSA) is 134 Å². The van der Waals surface area contributed by atoms with Gasteiger partial charge in [-0.15, -0.1) is 0 Å². The summed E-state index contributed by atoms with van der Waals surface area (Å²) in [5.74, 6) is 1.89. The predicted octanol–water partition coefficient (Wildman–Crippen LogP) is 3.44. The van der Waals surface area contributed by atoms with Crippen LogP contribution in [0.1, 0.15) is 43.5 Å². The SMILES string of the molecule is CC(c1ccc(Cl)cc1Cl)n1nc(C#N)c2ncc(N3CC(C4CCCN(CCCS(N)(=O)=O)C4)C3)nc21. The molecule has 38 heavy (non-hydrogen) atoms. The van der Waals surface area contributed by atoms with E-state index in [4.69, 9.17) is 33.3 Å². The molecule has 5 rings (SSSR count). The minimum absolute atomic E-state index is 0.0272. The molecule has 2 aliphatic rings. The Labute approximate surface area is 232 Å². The van der Waals surface area contributed by atoms with Crippen LogP contribution in [0.2, 0.25) is 10.0 Å². The first-order chi connectivity index (χ1) is 18.1. The maximum atomic E-state index is 11.2. The summed E-state index contributed by atoms with van der Waals surface area (Å²) in [7, 11) is -3.41. The van der Waals surface area contributed by atoms with Crippen LogP contribution in [0.25, 0.3) is 11.2 Å². The van der Waals surface area contributed by atoms with E-state index in [9.17, 15) is 13.7 Å². The lowest BCUT2D eigenvalue weighted by Crippen LogP contribution is -2.54. The highest BCUT2D eigenvalue weighted by molar-refractivity contribution is 7.89. The van der Waals surface area contributed by atoms with Crippen LogP contribution in [-0.2, 0) is 10.0 Å². The summed E-state index contributed by atoms with van der Waals surface area (Å²) in [5.41, 5.74) is 2.06. The molecule has 2 unspecified atom stereocenters. The maximum Gasteiger partial charge on any atom is 0.209 e. The fourth-order valence-electron chi connectivity index (χ4n) is 5.54. The van der Waals surface area contributed by atoms with Gasteiger partial charge in [0.15, 0.2) is 11.3 Å². The van der Waals surface area contributed by atoms with Gasteiger partial charge >= 0.3 is 0 Å². The number of likely N-dealkylation sites (tertiary alicyclic amines) is 1. The Morgan fingerprint density at radius 3 is 2.74 bits per heavy atom. The van der Waals surface area contributed by atoms with Gasteiger partial charge in [0.05, 0.1) is 18.0 Å². The lowest BCUT2D eigenvalue weighted by atomic mass is 9.80. The van der Waals surface area contributed by atoms with Crippen LogP contribution < -0.4 is 10.0 Å². The number of piperidine rings is 1. The van der Waals surface area contributed by atoms with Crippen molar-refractivity contribution >= 4 is 50.2 Å². The van der Waals surface area contributed by atoms with Gasteiger partial charge in [-0.05, 0) is 68.8 Å². The van der Waals surface area contributed by atoms with Gasteiger partial charge in [0, 0.05) is 29.7 Å². The Morgan fingerprint density at radius 2 is 2.03 bits per heavy atom. The molecule has 13 heteroatoms. The Kier molecular flexibility index (Phi) is 7.80. The van der Waals surface area contributed by atoms with E-state index in [2.05, 4.69) is 26.0 Å². The van der Waals surface area contributed by atoms with Crippen LogP contribution in [0.5, 0.6) is 0 Å².